The van der Waals surface area contributed by atoms with E-state index < -0.39 is 0 Å². The van der Waals surface area contributed by atoms with Crippen LogP contribution in [-0.4, -0.2) is 24.2 Å². The van der Waals surface area contributed by atoms with Crippen molar-refractivity contribution in [3.8, 4) is 0 Å². The molecule has 0 N–H and O–H groups in total. The fourth-order valence-electron chi connectivity index (χ4n) is 1.93. The highest BCUT2D eigenvalue weighted by molar-refractivity contribution is 7.80. The van der Waals surface area contributed by atoms with Crippen LogP contribution >= 0.6 is 24.2 Å². The molecular formula is C14H22ClNS. The van der Waals surface area contributed by atoms with Crippen molar-refractivity contribution in [2.24, 2.45) is 5.92 Å². The molecule has 96 valence electrons. The summed E-state index contributed by atoms with van der Waals surface area (Å²) in [6.07, 6.45) is 1.17. The van der Waals surface area contributed by atoms with Crippen LogP contribution in [0.4, 0.5) is 0 Å². The van der Waals surface area contributed by atoms with E-state index in [9.17, 15) is 0 Å². The second-order valence-corrected chi connectivity index (χ2v) is 5.37. The van der Waals surface area contributed by atoms with Gasteiger partial charge in [-0.1, -0.05) is 43.1 Å². The highest BCUT2D eigenvalue weighted by Crippen LogP contribution is 2.26. The molecule has 0 amide bonds. The normalized spacial score (nSPS) is 14.9. The van der Waals surface area contributed by atoms with E-state index >= 15 is 0 Å². The number of benzene rings is 1. The summed E-state index contributed by atoms with van der Waals surface area (Å²) in [6.45, 7) is 5.48. The van der Waals surface area contributed by atoms with Gasteiger partial charge in [-0.05, 0) is 37.3 Å². The monoisotopic (exact) mass is 271 g/mol. The quantitative estimate of drug-likeness (QED) is 0.756. The summed E-state index contributed by atoms with van der Waals surface area (Å²) in [5.41, 5.74) is 1.20. The molecule has 3 heteroatoms. The van der Waals surface area contributed by atoms with Gasteiger partial charge in [0.05, 0.1) is 0 Å². The van der Waals surface area contributed by atoms with E-state index in [1.807, 2.05) is 18.2 Å². The van der Waals surface area contributed by atoms with Gasteiger partial charge in [0.1, 0.15) is 0 Å². The Balaban J connectivity index is 2.69. The van der Waals surface area contributed by atoms with Crippen molar-refractivity contribution >= 4 is 24.2 Å². The third-order valence-electron chi connectivity index (χ3n) is 3.40. The first-order valence-electron chi connectivity index (χ1n) is 6.15. The minimum Gasteiger partial charge on any atom is -0.299 e. The fraction of sp³-hybridized carbons (Fsp3) is 0.571. The summed E-state index contributed by atoms with van der Waals surface area (Å²) < 4.78 is 0. The van der Waals surface area contributed by atoms with Crippen molar-refractivity contribution in [3.63, 3.8) is 0 Å². The largest absolute Gasteiger partial charge is 0.299 e. The third kappa shape index (κ3) is 4.20. The fourth-order valence-corrected chi connectivity index (χ4v) is 2.60. The van der Waals surface area contributed by atoms with E-state index in [1.54, 1.807) is 0 Å². The first-order valence-corrected chi connectivity index (χ1v) is 7.16. The van der Waals surface area contributed by atoms with Gasteiger partial charge in [-0.15, -0.1) is 0 Å². The van der Waals surface area contributed by atoms with Crippen LogP contribution in [0.5, 0.6) is 0 Å². The second kappa shape index (κ2) is 7.30. The Morgan fingerprint density at radius 2 is 2.00 bits per heavy atom. The summed E-state index contributed by atoms with van der Waals surface area (Å²) in [6, 6.07) is 8.42. The van der Waals surface area contributed by atoms with E-state index in [2.05, 4.69) is 44.5 Å². The lowest BCUT2D eigenvalue weighted by Gasteiger charge is -2.29. The maximum Gasteiger partial charge on any atom is 0.0453 e. The Morgan fingerprint density at radius 3 is 2.53 bits per heavy atom. The van der Waals surface area contributed by atoms with Gasteiger partial charge in [0, 0.05) is 17.6 Å². The lowest BCUT2D eigenvalue weighted by atomic mass is 10.0. The Bertz CT molecular complexity index is 339. The van der Waals surface area contributed by atoms with Crippen LogP contribution in [0.25, 0.3) is 0 Å². The lowest BCUT2D eigenvalue weighted by molar-refractivity contribution is 0.226. The van der Waals surface area contributed by atoms with Crippen LogP contribution in [0.15, 0.2) is 24.3 Å². The predicted octanol–water partition coefficient (Wildman–Crippen LogP) is 4.29. The Hall–Kier alpha value is -0.180. The van der Waals surface area contributed by atoms with Crippen molar-refractivity contribution in [2.45, 2.75) is 26.3 Å². The van der Waals surface area contributed by atoms with Crippen LogP contribution < -0.4 is 0 Å². The number of hydrogen-bond acceptors (Lipinski definition) is 2. The number of rotatable bonds is 6. The summed E-state index contributed by atoms with van der Waals surface area (Å²) in [5, 5.41) is 0.853. The molecule has 17 heavy (non-hydrogen) atoms. The molecule has 2 atom stereocenters. The summed E-state index contributed by atoms with van der Waals surface area (Å²) in [4.78, 5) is 2.35. The molecule has 1 aromatic rings. The van der Waals surface area contributed by atoms with E-state index in [-0.39, 0.29) is 0 Å². The first kappa shape index (κ1) is 14.9. The maximum atomic E-state index is 6.23. The zero-order valence-electron chi connectivity index (χ0n) is 10.9. The lowest BCUT2D eigenvalue weighted by Crippen LogP contribution is -2.29. The highest BCUT2D eigenvalue weighted by atomic mass is 35.5. The van der Waals surface area contributed by atoms with Crippen LogP contribution in [-0.2, 0) is 0 Å². The molecule has 0 heterocycles. The molecule has 0 bridgehead atoms. The third-order valence-corrected chi connectivity index (χ3v) is 4.26. The van der Waals surface area contributed by atoms with Gasteiger partial charge >= 0.3 is 0 Å². The molecule has 0 saturated carbocycles. The molecule has 0 aliphatic rings. The smallest absolute Gasteiger partial charge is 0.0453 e. The molecule has 0 spiro atoms. The maximum absolute atomic E-state index is 6.23. The first-order chi connectivity index (χ1) is 8.10. The molecule has 0 radical (unpaired) electrons. The Kier molecular flexibility index (Phi) is 6.39. The van der Waals surface area contributed by atoms with Crippen LogP contribution in [0, 0.1) is 5.92 Å². The predicted molar refractivity (Wildman–Crippen MR) is 80.1 cm³/mol. The van der Waals surface area contributed by atoms with E-state index in [1.165, 1.54) is 12.0 Å². The van der Waals surface area contributed by atoms with Crippen LogP contribution in [0.1, 0.15) is 31.9 Å². The van der Waals surface area contributed by atoms with Gasteiger partial charge in [-0.2, -0.15) is 12.6 Å². The average molecular weight is 272 g/mol. The van der Waals surface area contributed by atoms with Crippen LogP contribution in [0.2, 0.25) is 5.02 Å². The van der Waals surface area contributed by atoms with Crippen molar-refractivity contribution in [3.05, 3.63) is 34.9 Å². The van der Waals surface area contributed by atoms with Crippen molar-refractivity contribution in [1.82, 2.24) is 4.90 Å². The number of halogens is 1. The molecule has 0 aliphatic heterocycles. The van der Waals surface area contributed by atoms with Gasteiger partial charge in [-0.3, -0.25) is 4.90 Å². The van der Waals surface area contributed by atoms with Gasteiger partial charge in [-0.25, -0.2) is 0 Å². The molecule has 1 nitrogen and oxygen atoms in total. The molecular weight excluding hydrogens is 250 g/mol. The number of thiol groups is 1. The SMILES string of the molecule is CCC(CS)CN(C)C(C)c1ccccc1Cl. The summed E-state index contributed by atoms with van der Waals surface area (Å²) in [7, 11) is 2.15. The molecule has 1 rings (SSSR count). The van der Waals surface area contributed by atoms with Crippen LogP contribution in [0.3, 0.4) is 0 Å². The molecule has 0 aliphatic carbocycles. The van der Waals surface area contributed by atoms with E-state index in [0.29, 0.717) is 12.0 Å². The minimum atomic E-state index is 0.345. The highest BCUT2D eigenvalue weighted by Gasteiger charge is 2.16. The molecule has 0 saturated heterocycles. The van der Waals surface area contributed by atoms with Crippen molar-refractivity contribution in [2.75, 3.05) is 19.3 Å². The van der Waals surface area contributed by atoms with E-state index in [0.717, 1.165) is 17.3 Å². The zero-order valence-corrected chi connectivity index (χ0v) is 12.5. The molecule has 0 fully saturated rings. The number of hydrogen-bond donors (Lipinski definition) is 1. The number of nitrogens with zero attached hydrogens (tertiary/aromatic N) is 1. The van der Waals surface area contributed by atoms with Gasteiger partial charge in [0.15, 0.2) is 0 Å². The Morgan fingerprint density at radius 1 is 1.35 bits per heavy atom. The summed E-state index contributed by atoms with van der Waals surface area (Å²) in [5.74, 6) is 1.59. The second-order valence-electron chi connectivity index (χ2n) is 4.59. The molecule has 1 aromatic carbocycles. The summed E-state index contributed by atoms with van der Waals surface area (Å²) >= 11 is 10.6. The topological polar surface area (TPSA) is 3.24 Å². The Labute approximate surface area is 116 Å². The van der Waals surface area contributed by atoms with Gasteiger partial charge in [0.25, 0.3) is 0 Å². The van der Waals surface area contributed by atoms with Gasteiger partial charge in [0.2, 0.25) is 0 Å². The van der Waals surface area contributed by atoms with Gasteiger partial charge < -0.3 is 0 Å². The van der Waals surface area contributed by atoms with Crippen molar-refractivity contribution in [1.29, 1.82) is 0 Å². The molecule has 2 unspecified atom stereocenters. The standard InChI is InChI=1S/C14H22ClNS/c1-4-12(10-17)9-16(3)11(2)13-7-5-6-8-14(13)15/h5-8,11-12,17H,4,9-10H2,1-3H3. The minimum absolute atomic E-state index is 0.345. The molecule has 0 aromatic heterocycles. The average Bonchev–Trinajstić information content (AvgIpc) is 2.35. The zero-order chi connectivity index (χ0) is 12.8. The van der Waals surface area contributed by atoms with Crippen molar-refractivity contribution < 1.29 is 0 Å². The van der Waals surface area contributed by atoms with E-state index in [4.69, 9.17) is 11.6 Å².